The van der Waals surface area contributed by atoms with Gasteiger partial charge < -0.3 is 10.6 Å². The van der Waals surface area contributed by atoms with Crippen molar-refractivity contribution in [3.63, 3.8) is 0 Å². The molecule has 0 radical (unpaired) electrons. The zero-order valence-electron chi connectivity index (χ0n) is 12.6. The third kappa shape index (κ3) is 5.23. The van der Waals surface area contributed by atoms with E-state index in [2.05, 4.69) is 9.80 Å². The maximum Gasteiger partial charge on any atom is 0.236 e. The predicted molar refractivity (Wildman–Crippen MR) is 85.2 cm³/mol. The summed E-state index contributed by atoms with van der Waals surface area (Å²) in [5, 5.41) is 0. The molecule has 2 fully saturated rings. The summed E-state index contributed by atoms with van der Waals surface area (Å²) in [5.74, 6) is 0.339. The lowest BCUT2D eigenvalue weighted by atomic mass is 9.99. The molecule has 20 heavy (non-hydrogen) atoms. The number of likely N-dealkylation sites (tertiary alicyclic amines) is 2. The average Bonchev–Trinajstić information content (AvgIpc) is 2.70. The number of hydrogen-bond acceptors (Lipinski definition) is 3. The molecule has 0 aromatic carbocycles. The summed E-state index contributed by atoms with van der Waals surface area (Å²) < 4.78 is 0. The quantitative estimate of drug-likeness (QED) is 0.864. The molecule has 1 atom stereocenters. The molecule has 0 bridgehead atoms. The highest BCUT2D eigenvalue weighted by Crippen LogP contribution is 2.19. The SMILES string of the molecule is Cl.NCCC1CCCCN1CC(=O)N1CCCCCC1. The molecule has 118 valence electrons. The van der Waals surface area contributed by atoms with Gasteiger partial charge in [0.15, 0.2) is 0 Å². The number of piperidine rings is 1. The zero-order valence-corrected chi connectivity index (χ0v) is 13.4. The Morgan fingerprint density at radius 3 is 2.30 bits per heavy atom. The van der Waals surface area contributed by atoms with Gasteiger partial charge in [-0.2, -0.15) is 0 Å². The lowest BCUT2D eigenvalue weighted by molar-refractivity contribution is -0.133. The highest BCUT2D eigenvalue weighted by molar-refractivity contribution is 5.85. The first-order chi connectivity index (χ1) is 9.31. The monoisotopic (exact) mass is 303 g/mol. The van der Waals surface area contributed by atoms with Crippen molar-refractivity contribution >= 4 is 18.3 Å². The Labute approximate surface area is 129 Å². The second-order valence-electron chi connectivity index (χ2n) is 5.99. The minimum Gasteiger partial charge on any atom is -0.342 e. The van der Waals surface area contributed by atoms with E-state index in [0.29, 0.717) is 18.5 Å². The van der Waals surface area contributed by atoms with Crippen LogP contribution in [0.3, 0.4) is 0 Å². The van der Waals surface area contributed by atoms with Gasteiger partial charge in [0.1, 0.15) is 0 Å². The molecule has 4 nitrogen and oxygen atoms in total. The molecule has 0 aromatic heterocycles. The summed E-state index contributed by atoms with van der Waals surface area (Å²) in [4.78, 5) is 16.9. The molecule has 1 unspecified atom stereocenters. The largest absolute Gasteiger partial charge is 0.342 e. The lowest BCUT2D eigenvalue weighted by Crippen LogP contribution is -2.47. The van der Waals surface area contributed by atoms with Crippen molar-refractivity contribution in [1.82, 2.24) is 9.80 Å². The molecule has 0 saturated carbocycles. The smallest absolute Gasteiger partial charge is 0.236 e. The molecule has 2 N–H and O–H groups in total. The number of amides is 1. The van der Waals surface area contributed by atoms with Crippen molar-refractivity contribution in [1.29, 1.82) is 0 Å². The van der Waals surface area contributed by atoms with Crippen molar-refractivity contribution in [2.24, 2.45) is 5.73 Å². The summed E-state index contributed by atoms with van der Waals surface area (Å²) in [6.45, 7) is 4.36. The van der Waals surface area contributed by atoms with Crippen LogP contribution < -0.4 is 5.73 Å². The van der Waals surface area contributed by atoms with E-state index >= 15 is 0 Å². The number of carbonyl (C=O) groups excluding carboxylic acids is 1. The Morgan fingerprint density at radius 1 is 1.00 bits per heavy atom. The fraction of sp³-hybridized carbons (Fsp3) is 0.933. The first-order valence-corrected chi connectivity index (χ1v) is 8.03. The topological polar surface area (TPSA) is 49.6 Å². The van der Waals surface area contributed by atoms with Crippen LogP contribution in [-0.2, 0) is 4.79 Å². The van der Waals surface area contributed by atoms with Gasteiger partial charge in [0.25, 0.3) is 0 Å². The van der Waals surface area contributed by atoms with Gasteiger partial charge in [-0.15, -0.1) is 12.4 Å². The maximum atomic E-state index is 12.4. The Morgan fingerprint density at radius 2 is 1.65 bits per heavy atom. The summed E-state index contributed by atoms with van der Waals surface area (Å²) in [6, 6.07) is 0.537. The summed E-state index contributed by atoms with van der Waals surface area (Å²) in [5.41, 5.74) is 5.69. The Bertz CT molecular complexity index is 278. The van der Waals surface area contributed by atoms with Gasteiger partial charge in [-0.3, -0.25) is 9.69 Å². The molecular formula is C15H30ClN3O. The summed E-state index contributed by atoms with van der Waals surface area (Å²) >= 11 is 0. The van der Waals surface area contributed by atoms with E-state index in [4.69, 9.17) is 5.73 Å². The van der Waals surface area contributed by atoms with E-state index in [1.807, 2.05) is 0 Å². The van der Waals surface area contributed by atoms with Crippen molar-refractivity contribution in [2.75, 3.05) is 32.7 Å². The third-order valence-corrected chi connectivity index (χ3v) is 4.55. The third-order valence-electron chi connectivity index (χ3n) is 4.55. The van der Waals surface area contributed by atoms with Crippen molar-refractivity contribution in [2.45, 2.75) is 57.4 Å². The number of nitrogens with two attached hydrogens (primary N) is 1. The van der Waals surface area contributed by atoms with E-state index < -0.39 is 0 Å². The van der Waals surface area contributed by atoms with Gasteiger partial charge in [-0.05, 0) is 45.2 Å². The molecule has 0 aliphatic carbocycles. The number of nitrogens with zero attached hydrogens (tertiary/aromatic N) is 2. The lowest BCUT2D eigenvalue weighted by Gasteiger charge is -2.36. The highest BCUT2D eigenvalue weighted by Gasteiger charge is 2.25. The van der Waals surface area contributed by atoms with Crippen molar-refractivity contribution < 1.29 is 4.79 Å². The fourth-order valence-electron chi connectivity index (χ4n) is 3.38. The molecule has 0 spiro atoms. The molecular weight excluding hydrogens is 274 g/mol. The van der Waals surface area contributed by atoms with Gasteiger partial charge in [0.05, 0.1) is 6.54 Å². The Hall–Kier alpha value is -0.320. The van der Waals surface area contributed by atoms with Crippen LogP contribution in [0.5, 0.6) is 0 Å². The van der Waals surface area contributed by atoms with E-state index in [0.717, 1.165) is 32.6 Å². The maximum absolute atomic E-state index is 12.4. The molecule has 2 rings (SSSR count). The molecule has 2 saturated heterocycles. The van der Waals surface area contributed by atoms with Crippen LogP contribution in [0.2, 0.25) is 0 Å². The summed E-state index contributed by atoms with van der Waals surface area (Å²) in [6.07, 6.45) is 9.69. The Balaban J connectivity index is 0.00000200. The van der Waals surface area contributed by atoms with Crippen molar-refractivity contribution in [3.05, 3.63) is 0 Å². The van der Waals surface area contributed by atoms with Crippen molar-refractivity contribution in [3.8, 4) is 0 Å². The van der Waals surface area contributed by atoms with Crippen LogP contribution in [0.1, 0.15) is 51.4 Å². The van der Waals surface area contributed by atoms with Gasteiger partial charge in [0, 0.05) is 19.1 Å². The van der Waals surface area contributed by atoms with E-state index in [-0.39, 0.29) is 12.4 Å². The standard InChI is InChI=1S/C15H29N3O.ClH/c16-9-8-14-7-3-6-12-18(14)13-15(19)17-10-4-1-2-5-11-17;/h14H,1-13,16H2;1H. The van der Waals surface area contributed by atoms with Crippen LogP contribution in [0.15, 0.2) is 0 Å². The molecule has 2 aliphatic heterocycles. The van der Waals surface area contributed by atoms with Crippen LogP contribution in [0, 0.1) is 0 Å². The molecule has 1 amide bonds. The van der Waals surface area contributed by atoms with Gasteiger partial charge >= 0.3 is 0 Å². The normalized spacial score (nSPS) is 24.9. The van der Waals surface area contributed by atoms with Crippen LogP contribution >= 0.6 is 12.4 Å². The second-order valence-corrected chi connectivity index (χ2v) is 5.99. The number of carbonyl (C=O) groups is 1. The number of rotatable bonds is 4. The number of halogens is 1. The number of hydrogen-bond donors (Lipinski definition) is 1. The predicted octanol–water partition coefficient (Wildman–Crippen LogP) is 2.01. The molecule has 5 heteroatoms. The average molecular weight is 304 g/mol. The molecule has 0 aromatic rings. The second kappa shape index (κ2) is 9.59. The first kappa shape index (κ1) is 17.7. The minimum absolute atomic E-state index is 0. The minimum atomic E-state index is 0. The molecule has 2 heterocycles. The van der Waals surface area contributed by atoms with E-state index in [1.165, 1.54) is 44.9 Å². The van der Waals surface area contributed by atoms with Crippen LogP contribution in [0.4, 0.5) is 0 Å². The highest BCUT2D eigenvalue weighted by atomic mass is 35.5. The van der Waals surface area contributed by atoms with Gasteiger partial charge in [-0.1, -0.05) is 19.3 Å². The zero-order chi connectivity index (χ0) is 13.5. The van der Waals surface area contributed by atoms with Gasteiger partial charge in [-0.25, -0.2) is 0 Å². The van der Waals surface area contributed by atoms with E-state index in [9.17, 15) is 4.79 Å². The van der Waals surface area contributed by atoms with Crippen LogP contribution in [0.25, 0.3) is 0 Å². The fourth-order valence-corrected chi connectivity index (χ4v) is 3.38. The van der Waals surface area contributed by atoms with Crippen LogP contribution in [-0.4, -0.2) is 54.5 Å². The molecule has 2 aliphatic rings. The summed E-state index contributed by atoms with van der Waals surface area (Å²) in [7, 11) is 0. The van der Waals surface area contributed by atoms with Gasteiger partial charge in [0.2, 0.25) is 5.91 Å². The first-order valence-electron chi connectivity index (χ1n) is 8.03. The van der Waals surface area contributed by atoms with E-state index in [1.54, 1.807) is 0 Å². The Kier molecular flexibility index (Phi) is 8.50.